The largest absolute Gasteiger partial charge is 0.494 e. The highest BCUT2D eigenvalue weighted by molar-refractivity contribution is 7.73. The van der Waals surface area contributed by atoms with Gasteiger partial charge < -0.3 is 10.1 Å². The van der Waals surface area contributed by atoms with Crippen molar-refractivity contribution in [3.05, 3.63) is 32.7 Å². The van der Waals surface area contributed by atoms with E-state index in [9.17, 15) is 5.11 Å². The fourth-order valence-corrected chi connectivity index (χ4v) is 2.66. The molecule has 3 rings (SSSR count). The Labute approximate surface area is 106 Å². The second-order valence-corrected chi connectivity index (χ2v) is 5.18. The van der Waals surface area contributed by atoms with Crippen molar-refractivity contribution in [2.75, 3.05) is 0 Å². The second-order valence-electron chi connectivity index (χ2n) is 3.46. The molecule has 0 bridgehead atoms. The highest BCUT2D eigenvalue weighted by Gasteiger charge is 2.13. The SMILES string of the molecule is Oc1[nH]c(=S)sc1/C=C1/C=Nc2ncccc21. The van der Waals surface area contributed by atoms with Crippen molar-refractivity contribution in [2.45, 2.75) is 0 Å². The number of pyridine rings is 1. The Hall–Kier alpha value is -1.79. The van der Waals surface area contributed by atoms with Crippen LogP contribution < -0.4 is 0 Å². The zero-order valence-corrected chi connectivity index (χ0v) is 10.2. The zero-order valence-electron chi connectivity index (χ0n) is 8.54. The number of rotatable bonds is 1. The van der Waals surface area contributed by atoms with Crippen molar-refractivity contribution in [2.24, 2.45) is 4.99 Å². The van der Waals surface area contributed by atoms with Gasteiger partial charge in [-0.25, -0.2) is 9.98 Å². The van der Waals surface area contributed by atoms with Crippen LogP contribution in [0.2, 0.25) is 0 Å². The summed E-state index contributed by atoms with van der Waals surface area (Å²) in [7, 11) is 0. The number of nitrogens with zero attached hydrogens (tertiary/aromatic N) is 2. The van der Waals surface area contributed by atoms with Crippen LogP contribution in [0.1, 0.15) is 10.4 Å². The third-order valence-electron chi connectivity index (χ3n) is 2.37. The molecule has 0 radical (unpaired) electrons. The van der Waals surface area contributed by atoms with Gasteiger partial charge in [-0.2, -0.15) is 0 Å². The van der Waals surface area contributed by atoms with Gasteiger partial charge in [-0.3, -0.25) is 0 Å². The highest BCUT2D eigenvalue weighted by Crippen LogP contribution is 2.33. The lowest BCUT2D eigenvalue weighted by molar-refractivity contribution is 0.456. The molecule has 0 spiro atoms. The Morgan fingerprint density at radius 2 is 2.35 bits per heavy atom. The standard InChI is InChI=1S/C11H7N3OS2/c15-10-8(17-11(16)14-10)4-6-5-13-9-7(6)2-1-3-12-9/h1-5,15H,(H,14,16)/b6-4-. The van der Waals surface area contributed by atoms with Gasteiger partial charge in [0.05, 0.1) is 4.88 Å². The maximum Gasteiger partial charge on any atom is 0.207 e. The van der Waals surface area contributed by atoms with E-state index in [1.165, 1.54) is 11.3 Å². The highest BCUT2D eigenvalue weighted by atomic mass is 32.1. The summed E-state index contributed by atoms with van der Waals surface area (Å²) in [6.45, 7) is 0. The summed E-state index contributed by atoms with van der Waals surface area (Å²) in [5.41, 5.74) is 1.89. The van der Waals surface area contributed by atoms with Crippen molar-refractivity contribution >= 4 is 47.2 Å². The van der Waals surface area contributed by atoms with Gasteiger partial charge in [0.1, 0.15) is 0 Å². The smallest absolute Gasteiger partial charge is 0.207 e. The molecule has 3 heterocycles. The summed E-state index contributed by atoms with van der Waals surface area (Å²) in [6, 6.07) is 3.81. The first-order chi connectivity index (χ1) is 8.24. The van der Waals surface area contributed by atoms with Crippen molar-refractivity contribution in [1.82, 2.24) is 9.97 Å². The molecule has 2 aromatic heterocycles. The Balaban J connectivity index is 2.11. The van der Waals surface area contributed by atoms with E-state index < -0.39 is 0 Å². The Morgan fingerprint density at radius 3 is 3.12 bits per heavy atom. The average Bonchev–Trinajstić information content (AvgIpc) is 2.85. The first kappa shape index (κ1) is 10.4. The molecule has 1 aliphatic rings. The van der Waals surface area contributed by atoms with Gasteiger partial charge in [0, 0.05) is 23.5 Å². The third-order valence-corrected chi connectivity index (χ3v) is 3.54. The molecule has 0 unspecified atom stereocenters. The molecule has 4 nitrogen and oxygen atoms in total. The fraction of sp³-hybridized carbons (Fsp3) is 0. The summed E-state index contributed by atoms with van der Waals surface area (Å²) in [6.07, 6.45) is 5.29. The molecule has 0 amide bonds. The number of aromatic nitrogens is 2. The first-order valence-electron chi connectivity index (χ1n) is 4.87. The van der Waals surface area contributed by atoms with Crippen LogP contribution in [0.3, 0.4) is 0 Å². The van der Waals surface area contributed by atoms with Gasteiger partial charge >= 0.3 is 0 Å². The molecule has 0 aromatic carbocycles. The minimum atomic E-state index is 0.0956. The average molecular weight is 261 g/mol. The van der Waals surface area contributed by atoms with Crippen molar-refractivity contribution in [3.63, 3.8) is 0 Å². The maximum atomic E-state index is 9.62. The summed E-state index contributed by atoms with van der Waals surface area (Å²) in [4.78, 5) is 11.7. The summed E-state index contributed by atoms with van der Waals surface area (Å²) in [5, 5.41) is 9.62. The van der Waals surface area contributed by atoms with Gasteiger partial charge in [-0.1, -0.05) is 0 Å². The van der Waals surface area contributed by atoms with Gasteiger partial charge in [0.2, 0.25) is 5.88 Å². The number of aromatic hydroxyl groups is 1. The molecule has 2 N–H and O–H groups in total. The van der Waals surface area contributed by atoms with E-state index in [2.05, 4.69) is 15.0 Å². The molecule has 2 aromatic rings. The number of nitrogens with one attached hydrogen (secondary N) is 1. The number of thiazole rings is 1. The van der Waals surface area contributed by atoms with Gasteiger partial charge in [-0.15, -0.1) is 11.3 Å². The number of hydrogen-bond donors (Lipinski definition) is 2. The molecular formula is C11H7N3OS2. The Morgan fingerprint density at radius 1 is 1.47 bits per heavy atom. The Bertz CT molecular complexity index is 697. The van der Waals surface area contributed by atoms with Crippen LogP contribution in [0.15, 0.2) is 23.3 Å². The van der Waals surface area contributed by atoms with E-state index in [4.69, 9.17) is 12.2 Å². The van der Waals surface area contributed by atoms with Crippen LogP contribution in [-0.4, -0.2) is 21.3 Å². The Kier molecular flexibility index (Phi) is 2.38. The predicted octanol–water partition coefficient (Wildman–Crippen LogP) is 3.16. The molecule has 0 fully saturated rings. The molecule has 17 heavy (non-hydrogen) atoms. The lowest BCUT2D eigenvalue weighted by atomic mass is 10.1. The molecule has 1 aliphatic heterocycles. The minimum Gasteiger partial charge on any atom is -0.494 e. The molecule has 0 aliphatic carbocycles. The molecule has 0 saturated heterocycles. The summed E-state index contributed by atoms with van der Waals surface area (Å²) >= 11 is 6.29. The number of aliphatic imine (C=N–C) groups is 1. The second kappa shape index (κ2) is 3.90. The number of allylic oxidation sites excluding steroid dienone is 1. The third kappa shape index (κ3) is 1.81. The fourth-order valence-electron chi connectivity index (χ4n) is 1.61. The normalized spacial score (nSPS) is 15.4. The molecule has 6 heteroatoms. The van der Waals surface area contributed by atoms with Crippen LogP contribution >= 0.6 is 23.6 Å². The number of H-pyrrole nitrogens is 1. The van der Waals surface area contributed by atoms with E-state index in [1.807, 2.05) is 18.2 Å². The van der Waals surface area contributed by atoms with E-state index >= 15 is 0 Å². The van der Waals surface area contributed by atoms with Gasteiger partial charge in [-0.05, 0) is 30.4 Å². The van der Waals surface area contributed by atoms with Gasteiger partial charge in [0.25, 0.3) is 0 Å². The van der Waals surface area contributed by atoms with Crippen molar-refractivity contribution in [1.29, 1.82) is 0 Å². The van der Waals surface area contributed by atoms with Crippen LogP contribution in [-0.2, 0) is 0 Å². The van der Waals surface area contributed by atoms with Crippen molar-refractivity contribution in [3.8, 4) is 5.88 Å². The summed E-state index contributed by atoms with van der Waals surface area (Å²) < 4.78 is 0.552. The lowest BCUT2D eigenvalue weighted by Gasteiger charge is -1.96. The van der Waals surface area contributed by atoms with Crippen LogP contribution in [0.5, 0.6) is 5.88 Å². The van der Waals surface area contributed by atoms with Gasteiger partial charge in [0.15, 0.2) is 9.77 Å². The number of fused-ring (bicyclic) bond motifs is 1. The minimum absolute atomic E-state index is 0.0956. The van der Waals surface area contributed by atoms with Crippen molar-refractivity contribution < 1.29 is 5.11 Å². The molecular weight excluding hydrogens is 254 g/mol. The monoisotopic (exact) mass is 261 g/mol. The van der Waals surface area contributed by atoms with Crippen LogP contribution in [0.25, 0.3) is 11.6 Å². The molecule has 0 atom stereocenters. The predicted molar refractivity (Wildman–Crippen MR) is 71.4 cm³/mol. The first-order valence-corrected chi connectivity index (χ1v) is 6.10. The maximum absolute atomic E-state index is 9.62. The topological polar surface area (TPSA) is 61.3 Å². The number of aromatic amines is 1. The van der Waals surface area contributed by atoms with E-state index in [-0.39, 0.29) is 5.88 Å². The van der Waals surface area contributed by atoms with Crippen LogP contribution in [0, 0.1) is 3.95 Å². The van der Waals surface area contributed by atoms with Crippen LogP contribution in [0.4, 0.5) is 5.82 Å². The van der Waals surface area contributed by atoms with E-state index in [1.54, 1.807) is 12.4 Å². The van der Waals surface area contributed by atoms with E-state index in [0.29, 0.717) is 14.6 Å². The summed E-state index contributed by atoms with van der Waals surface area (Å²) in [5.74, 6) is 0.801. The molecule has 84 valence electrons. The number of hydrogen-bond acceptors (Lipinski definition) is 5. The van der Waals surface area contributed by atoms with E-state index in [0.717, 1.165) is 11.1 Å². The quantitative estimate of drug-likeness (QED) is 0.775. The lowest BCUT2D eigenvalue weighted by Crippen LogP contribution is -1.80. The zero-order chi connectivity index (χ0) is 11.8. The molecule has 0 saturated carbocycles.